The number of ether oxygens (including phenoxy) is 1. The molecule has 5 nitrogen and oxygen atoms in total. The van der Waals surface area contributed by atoms with Crippen molar-refractivity contribution in [2.45, 2.75) is 90.1 Å². The number of nitrogen functional groups attached to an aromatic ring is 1. The van der Waals surface area contributed by atoms with Crippen molar-refractivity contribution in [1.82, 2.24) is 5.32 Å². The fourth-order valence-corrected chi connectivity index (χ4v) is 4.14. The summed E-state index contributed by atoms with van der Waals surface area (Å²) in [4.78, 5) is 12.3. The van der Waals surface area contributed by atoms with E-state index < -0.39 is 5.66 Å². The van der Waals surface area contributed by atoms with Crippen molar-refractivity contribution in [2.75, 3.05) is 12.3 Å². The Balaban J connectivity index is 2.01. The van der Waals surface area contributed by atoms with E-state index in [9.17, 15) is 4.79 Å². The Kier molecular flexibility index (Phi) is 11.2. The van der Waals surface area contributed by atoms with Crippen molar-refractivity contribution >= 4 is 11.6 Å². The third kappa shape index (κ3) is 9.09. The van der Waals surface area contributed by atoms with Crippen LogP contribution in [0.4, 0.5) is 5.69 Å². The first-order valence-corrected chi connectivity index (χ1v) is 12.5. The second kappa shape index (κ2) is 13.9. The fourth-order valence-electron chi connectivity index (χ4n) is 4.14. The Bertz CT molecular complexity index is 836. The predicted octanol–water partition coefficient (Wildman–Crippen LogP) is 6.23. The summed E-state index contributed by atoms with van der Waals surface area (Å²) >= 11 is 0. The summed E-state index contributed by atoms with van der Waals surface area (Å²) in [6, 6.07) is 16.1. The van der Waals surface area contributed by atoms with Gasteiger partial charge in [0.15, 0.2) is 0 Å². The molecule has 2 aromatic rings. The van der Waals surface area contributed by atoms with E-state index in [0.717, 1.165) is 31.4 Å². The maximum absolute atomic E-state index is 12.3. The van der Waals surface area contributed by atoms with Crippen LogP contribution in [0.2, 0.25) is 0 Å². The Hall–Kier alpha value is -2.53. The zero-order valence-corrected chi connectivity index (χ0v) is 20.7. The Morgan fingerprint density at radius 3 is 2.36 bits per heavy atom. The van der Waals surface area contributed by atoms with E-state index in [1.165, 1.54) is 31.2 Å². The lowest BCUT2D eigenvalue weighted by Gasteiger charge is -2.28. The van der Waals surface area contributed by atoms with E-state index in [4.69, 9.17) is 16.2 Å². The maximum atomic E-state index is 12.3. The predicted molar refractivity (Wildman–Crippen MR) is 138 cm³/mol. The van der Waals surface area contributed by atoms with Crippen molar-refractivity contribution < 1.29 is 9.53 Å². The van der Waals surface area contributed by atoms with E-state index in [1.807, 2.05) is 24.3 Å². The van der Waals surface area contributed by atoms with E-state index in [1.54, 1.807) is 6.92 Å². The molecule has 0 aromatic heterocycles. The smallest absolute Gasteiger partial charge is 0.221 e. The van der Waals surface area contributed by atoms with Crippen molar-refractivity contribution in [3.05, 3.63) is 59.7 Å². The molecule has 0 heterocycles. The second-order valence-corrected chi connectivity index (χ2v) is 9.22. The highest BCUT2D eigenvalue weighted by Gasteiger charge is 2.26. The van der Waals surface area contributed by atoms with E-state index in [-0.39, 0.29) is 5.91 Å². The molecule has 0 saturated carbocycles. The lowest BCUT2D eigenvalue weighted by atomic mass is 9.93. The molecule has 1 amide bonds. The first-order chi connectivity index (χ1) is 15.9. The zero-order chi connectivity index (χ0) is 24.1. The van der Waals surface area contributed by atoms with Gasteiger partial charge in [0.1, 0.15) is 11.4 Å². The lowest BCUT2D eigenvalue weighted by Crippen LogP contribution is -2.50. The van der Waals surface area contributed by atoms with Crippen molar-refractivity contribution in [3.63, 3.8) is 0 Å². The lowest BCUT2D eigenvalue weighted by molar-refractivity contribution is -0.123. The summed E-state index contributed by atoms with van der Waals surface area (Å²) in [7, 11) is 0. The molecule has 0 radical (unpaired) electrons. The number of nitrogens with two attached hydrogens (primary N) is 2. The van der Waals surface area contributed by atoms with Gasteiger partial charge in [-0.1, -0.05) is 82.7 Å². The first-order valence-electron chi connectivity index (χ1n) is 12.5. The number of hydrogen-bond donors (Lipinski definition) is 3. The van der Waals surface area contributed by atoms with Gasteiger partial charge in [0.2, 0.25) is 5.91 Å². The minimum Gasteiger partial charge on any atom is -0.493 e. The van der Waals surface area contributed by atoms with Gasteiger partial charge in [0.25, 0.3) is 0 Å². The van der Waals surface area contributed by atoms with Crippen LogP contribution in [0.15, 0.2) is 48.5 Å². The van der Waals surface area contributed by atoms with E-state index >= 15 is 0 Å². The second-order valence-electron chi connectivity index (χ2n) is 9.22. The van der Waals surface area contributed by atoms with Gasteiger partial charge < -0.3 is 21.5 Å². The van der Waals surface area contributed by atoms with Gasteiger partial charge in [0.05, 0.1) is 6.61 Å². The van der Waals surface area contributed by atoms with Gasteiger partial charge in [-0.05, 0) is 37.5 Å². The normalized spacial score (nSPS) is 13.8. The summed E-state index contributed by atoms with van der Waals surface area (Å²) in [5.74, 6) is 1.00. The van der Waals surface area contributed by atoms with Crippen LogP contribution >= 0.6 is 0 Å². The molecule has 5 N–H and O–H groups in total. The molecule has 0 aliphatic rings. The molecule has 2 atom stereocenters. The van der Waals surface area contributed by atoms with E-state index in [0.29, 0.717) is 30.2 Å². The summed E-state index contributed by atoms with van der Waals surface area (Å²) in [5, 5.41) is 2.91. The number of carbonyl (C=O) groups excluding carboxylic acids is 1. The van der Waals surface area contributed by atoms with Crippen molar-refractivity contribution in [3.8, 4) is 5.75 Å². The van der Waals surface area contributed by atoms with Crippen LogP contribution < -0.4 is 21.5 Å². The third-order valence-corrected chi connectivity index (χ3v) is 6.12. The highest BCUT2D eigenvalue weighted by molar-refractivity contribution is 5.77. The van der Waals surface area contributed by atoms with Crippen LogP contribution in [0.3, 0.4) is 0 Å². The average Bonchev–Trinajstić information content (AvgIpc) is 2.79. The summed E-state index contributed by atoms with van der Waals surface area (Å²) in [6.45, 7) is 6.72. The summed E-state index contributed by atoms with van der Waals surface area (Å²) in [6.07, 6.45) is 9.49. The standard InChI is InChI=1S/C28H43N3O2/c1-4-6-8-11-16-23(22-14-12-9-13-15-22)21-33-24-18-19-25(26(29)20-24)28(3,30)31-27(32)17-10-7-5-2/h9,12-15,18-20,23H,4-8,10-11,16-17,21,29-30H2,1-3H3,(H,31,32)/t23-,28+/m0/s1. The minimum atomic E-state index is -1.03. The topological polar surface area (TPSA) is 90.4 Å². The number of anilines is 1. The van der Waals surface area contributed by atoms with Crippen molar-refractivity contribution in [2.24, 2.45) is 5.73 Å². The Morgan fingerprint density at radius 2 is 1.70 bits per heavy atom. The van der Waals surface area contributed by atoms with Crippen LogP contribution in [0, 0.1) is 0 Å². The average molecular weight is 454 g/mol. The van der Waals surface area contributed by atoms with Gasteiger partial charge >= 0.3 is 0 Å². The number of carbonyl (C=O) groups is 1. The SMILES string of the molecule is CCCCCC[C@@H](COc1ccc([C@](C)(N)NC(=O)CCCCC)c(N)c1)c1ccccc1. The van der Waals surface area contributed by atoms with Crippen LogP contribution in [0.5, 0.6) is 5.75 Å². The van der Waals surface area contributed by atoms with E-state index in [2.05, 4.69) is 43.4 Å². The molecule has 2 aromatic carbocycles. The molecular weight excluding hydrogens is 410 g/mol. The van der Waals surface area contributed by atoms with Gasteiger partial charge in [-0.3, -0.25) is 4.79 Å². The Labute approximate surface area is 200 Å². The number of nitrogens with one attached hydrogen (secondary N) is 1. The molecule has 182 valence electrons. The largest absolute Gasteiger partial charge is 0.493 e. The monoisotopic (exact) mass is 453 g/mol. The number of unbranched alkanes of at least 4 members (excludes halogenated alkanes) is 5. The third-order valence-electron chi connectivity index (χ3n) is 6.12. The number of benzene rings is 2. The molecule has 0 saturated heterocycles. The molecular formula is C28H43N3O2. The zero-order valence-electron chi connectivity index (χ0n) is 20.7. The molecule has 5 heteroatoms. The van der Waals surface area contributed by atoms with Gasteiger partial charge in [0, 0.05) is 29.7 Å². The number of rotatable bonds is 15. The van der Waals surface area contributed by atoms with Gasteiger partial charge in [-0.2, -0.15) is 0 Å². The molecule has 0 spiro atoms. The molecule has 0 fully saturated rings. The van der Waals surface area contributed by atoms with Crippen LogP contribution in [-0.4, -0.2) is 12.5 Å². The molecule has 2 rings (SSSR count). The highest BCUT2D eigenvalue weighted by atomic mass is 16.5. The molecule has 0 aliphatic carbocycles. The van der Waals surface area contributed by atoms with Gasteiger partial charge in [-0.15, -0.1) is 0 Å². The highest BCUT2D eigenvalue weighted by Crippen LogP contribution is 2.29. The maximum Gasteiger partial charge on any atom is 0.221 e. The molecule has 0 unspecified atom stereocenters. The summed E-state index contributed by atoms with van der Waals surface area (Å²) < 4.78 is 6.17. The minimum absolute atomic E-state index is 0.0537. The summed E-state index contributed by atoms with van der Waals surface area (Å²) in [5.41, 5.74) is 14.2. The van der Waals surface area contributed by atoms with Gasteiger partial charge in [-0.25, -0.2) is 0 Å². The number of hydrogen-bond acceptors (Lipinski definition) is 4. The number of amides is 1. The quantitative estimate of drug-likeness (QED) is 0.169. The first kappa shape index (κ1) is 26.7. The van der Waals surface area contributed by atoms with Crippen LogP contribution in [0.1, 0.15) is 95.6 Å². The van der Waals surface area contributed by atoms with Crippen molar-refractivity contribution in [1.29, 1.82) is 0 Å². The Morgan fingerprint density at radius 1 is 1.00 bits per heavy atom. The van der Waals surface area contributed by atoms with Crippen LogP contribution in [-0.2, 0) is 10.5 Å². The fraction of sp³-hybridized carbons (Fsp3) is 0.536. The molecule has 33 heavy (non-hydrogen) atoms. The molecule has 0 aliphatic heterocycles. The van der Waals surface area contributed by atoms with Crippen LogP contribution in [0.25, 0.3) is 0 Å². The molecule has 0 bridgehead atoms.